The topological polar surface area (TPSA) is 34.1 Å². The van der Waals surface area contributed by atoms with E-state index in [9.17, 15) is 8.42 Å². The lowest BCUT2D eigenvalue weighted by atomic mass is 10.4. The van der Waals surface area contributed by atoms with Crippen molar-refractivity contribution in [3.8, 4) is 0 Å². The molecule has 0 amide bonds. The summed E-state index contributed by atoms with van der Waals surface area (Å²) in [5.41, 5.74) is 0. The number of benzene rings is 1. The Bertz CT molecular complexity index is 381. The lowest BCUT2D eigenvalue weighted by Crippen LogP contribution is -2.18. The molecule has 13 heavy (non-hydrogen) atoms. The lowest BCUT2D eigenvalue weighted by Gasteiger charge is -2.06. The zero-order valence-corrected chi connectivity index (χ0v) is 8.81. The molecule has 4 heteroatoms. The Morgan fingerprint density at radius 2 is 1.85 bits per heavy atom. The minimum Gasteiger partial charge on any atom is -0.223 e. The molecule has 1 aromatic rings. The SMILES string of the molecule is CC(C=S)S(=O)(=O)c1ccccc1. The van der Waals surface area contributed by atoms with Crippen molar-refractivity contribution in [3.05, 3.63) is 30.3 Å². The smallest absolute Gasteiger partial charge is 0.185 e. The zero-order chi connectivity index (χ0) is 9.90. The average molecular weight is 214 g/mol. The third-order valence-electron chi connectivity index (χ3n) is 1.75. The van der Waals surface area contributed by atoms with Crippen molar-refractivity contribution in [2.75, 3.05) is 0 Å². The highest BCUT2D eigenvalue weighted by Gasteiger charge is 2.20. The third kappa shape index (κ3) is 2.14. The van der Waals surface area contributed by atoms with Gasteiger partial charge in [0.25, 0.3) is 0 Å². The Balaban J connectivity index is 3.16. The van der Waals surface area contributed by atoms with Gasteiger partial charge in [0, 0.05) is 0 Å². The van der Waals surface area contributed by atoms with Crippen LogP contribution >= 0.6 is 12.2 Å². The van der Waals surface area contributed by atoms with Crippen LogP contribution in [0.3, 0.4) is 0 Å². The van der Waals surface area contributed by atoms with Gasteiger partial charge >= 0.3 is 0 Å². The van der Waals surface area contributed by atoms with E-state index in [2.05, 4.69) is 12.2 Å². The van der Waals surface area contributed by atoms with Crippen molar-refractivity contribution in [2.45, 2.75) is 17.1 Å². The molecule has 0 saturated carbocycles. The number of thiocarbonyl (C=S) groups is 1. The lowest BCUT2D eigenvalue weighted by molar-refractivity contribution is 0.594. The second kappa shape index (κ2) is 3.98. The molecule has 0 N–H and O–H groups in total. The Morgan fingerprint density at radius 3 is 2.31 bits per heavy atom. The maximum atomic E-state index is 11.7. The molecule has 0 saturated heterocycles. The number of rotatable bonds is 3. The van der Waals surface area contributed by atoms with Gasteiger partial charge in [-0.1, -0.05) is 30.4 Å². The van der Waals surface area contributed by atoms with Crippen LogP contribution in [-0.2, 0) is 9.84 Å². The predicted octanol–water partition coefficient (Wildman–Crippen LogP) is 1.85. The first-order chi connectivity index (χ1) is 6.09. The van der Waals surface area contributed by atoms with E-state index in [1.807, 2.05) is 0 Å². The summed E-state index contributed by atoms with van der Waals surface area (Å²) in [7, 11) is -3.25. The first-order valence-electron chi connectivity index (χ1n) is 3.83. The van der Waals surface area contributed by atoms with Gasteiger partial charge in [-0.25, -0.2) is 8.42 Å². The fraction of sp³-hybridized carbons (Fsp3) is 0.222. The number of hydrogen-bond donors (Lipinski definition) is 0. The number of sulfone groups is 1. The normalized spacial score (nSPS) is 13.6. The summed E-state index contributed by atoms with van der Waals surface area (Å²) >= 11 is 4.62. The molecule has 0 spiro atoms. The number of hydrogen-bond acceptors (Lipinski definition) is 3. The highest BCUT2D eigenvalue weighted by atomic mass is 32.2. The maximum Gasteiger partial charge on any atom is 0.185 e. The molecule has 1 unspecified atom stereocenters. The van der Waals surface area contributed by atoms with E-state index in [1.54, 1.807) is 37.3 Å². The van der Waals surface area contributed by atoms with Gasteiger partial charge < -0.3 is 0 Å². The molecule has 0 heterocycles. The molecule has 0 aliphatic heterocycles. The quantitative estimate of drug-likeness (QED) is 0.720. The molecule has 0 bridgehead atoms. The molecule has 1 aromatic carbocycles. The standard InChI is InChI=1S/C9H10O2S2/c1-8(7-12)13(10,11)9-5-3-2-4-6-9/h2-8H,1H3. The summed E-state index contributed by atoms with van der Waals surface area (Å²) in [5, 5.41) is 0.660. The van der Waals surface area contributed by atoms with Crippen molar-refractivity contribution in [3.63, 3.8) is 0 Å². The van der Waals surface area contributed by atoms with Gasteiger partial charge in [-0.05, 0) is 24.4 Å². The highest BCUT2D eigenvalue weighted by molar-refractivity contribution is 7.94. The van der Waals surface area contributed by atoms with E-state index in [0.29, 0.717) is 4.90 Å². The summed E-state index contributed by atoms with van der Waals surface area (Å²) in [6.07, 6.45) is 0. The molecule has 1 rings (SSSR count). The summed E-state index contributed by atoms with van der Waals surface area (Å²) in [6.45, 7) is 1.58. The minimum absolute atomic E-state index is 0.323. The maximum absolute atomic E-state index is 11.7. The van der Waals surface area contributed by atoms with E-state index in [-0.39, 0.29) is 0 Å². The molecule has 0 aliphatic rings. The van der Waals surface area contributed by atoms with E-state index >= 15 is 0 Å². The largest absolute Gasteiger partial charge is 0.223 e. The van der Waals surface area contributed by atoms with Gasteiger partial charge in [-0.15, -0.1) is 0 Å². The molecule has 0 aromatic heterocycles. The van der Waals surface area contributed by atoms with Crippen molar-refractivity contribution < 1.29 is 8.42 Å². The third-order valence-corrected chi connectivity index (χ3v) is 4.38. The van der Waals surface area contributed by atoms with Crippen LogP contribution in [0.4, 0.5) is 0 Å². The van der Waals surface area contributed by atoms with Gasteiger partial charge in [0.2, 0.25) is 0 Å². The van der Waals surface area contributed by atoms with Crippen molar-refractivity contribution >= 4 is 27.4 Å². The summed E-state index contributed by atoms with van der Waals surface area (Å²) < 4.78 is 23.3. The Kier molecular flexibility index (Phi) is 3.17. The van der Waals surface area contributed by atoms with Crippen molar-refractivity contribution in [1.29, 1.82) is 0 Å². The molecule has 0 aliphatic carbocycles. The predicted molar refractivity (Wildman–Crippen MR) is 56.7 cm³/mol. The fourth-order valence-electron chi connectivity index (χ4n) is 0.898. The van der Waals surface area contributed by atoms with Crippen LogP contribution in [0.5, 0.6) is 0 Å². The second-order valence-corrected chi connectivity index (χ2v) is 5.28. The summed E-state index contributed by atoms with van der Waals surface area (Å²) in [6, 6.07) is 8.32. The van der Waals surface area contributed by atoms with Gasteiger partial charge in [-0.3, -0.25) is 0 Å². The summed E-state index contributed by atoms with van der Waals surface area (Å²) in [4.78, 5) is 0.323. The molecule has 0 fully saturated rings. The Morgan fingerprint density at radius 1 is 1.31 bits per heavy atom. The highest BCUT2D eigenvalue weighted by Crippen LogP contribution is 2.13. The van der Waals surface area contributed by atoms with Crippen LogP contribution < -0.4 is 0 Å². The van der Waals surface area contributed by atoms with Gasteiger partial charge in [-0.2, -0.15) is 0 Å². The molecular weight excluding hydrogens is 204 g/mol. The van der Waals surface area contributed by atoms with Crippen LogP contribution in [0.1, 0.15) is 6.92 Å². The van der Waals surface area contributed by atoms with Crippen LogP contribution in [0.15, 0.2) is 35.2 Å². The first-order valence-corrected chi connectivity index (χ1v) is 5.85. The zero-order valence-electron chi connectivity index (χ0n) is 7.17. The van der Waals surface area contributed by atoms with Crippen LogP contribution in [0, 0.1) is 0 Å². The van der Waals surface area contributed by atoms with E-state index in [4.69, 9.17) is 0 Å². The second-order valence-electron chi connectivity index (χ2n) is 2.70. The van der Waals surface area contributed by atoms with Gasteiger partial charge in [0.1, 0.15) is 0 Å². The fourth-order valence-corrected chi connectivity index (χ4v) is 2.45. The Labute approximate surface area is 83.5 Å². The van der Waals surface area contributed by atoms with Crippen LogP contribution in [0.25, 0.3) is 0 Å². The van der Waals surface area contributed by atoms with Crippen LogP contribution in [-0.4, -0.2) is 19.0 Å². The molecule has 0 radical (unpaired) electrons. The molecule has 1 atom stereocenters. The van der Waals surface area contributed by atoms with Gasteiger partial charge in [0.05, 0.1) is 10.1 Å². The molecule has 70 valence electrons. The first kappa shape index (κ1) is 10.3. The van der Waals surface area contributed by atoms with Gasteiger partial charge in [0.15, 0.2) is 9.84 Å². The monoisotopic (exact) mass is 214 g/mol. The van der Waals surface area contributed by atoms with Crippen molar-refractivity contribution in [1.82, 2.24) is 0 Å². The molecular formula is C9H10O2S2. The van der Waals surface area contributed by atoms with E-state index in [1.165, 1.54) is 5.37 Å². The molecule has 2 nitrogen and oxygen atoms in total. The van der Waals surface area contributed by atoms with E-state index in [0.717, 1.165) is 0 Å². The Hall–Kier alpha value is -0.740. The minimum atomic E-state index is -3.25. The van der Waals surface area contributed by atoms with E-state index < -0.39 is 15.1 Å². The van der Waals surface area contributed by atoms with Crippen LogP contribution in [0.2, 0.25) is 0 Å². The average Bonchev–Trinajstić information content (AvgIpc) is 2.18. The summed E-state index contributed by atoms with van der Waals surface area (Å²) in [5.74, 6) is 0. The van der Waals surface area contributed by atoms with Crippen molar-refractivity contribution in [2.24, 2.45) is 0 Å².